The molecule has 1 aliphatic carbocycles. The molecule has 126 valence electrons. The third-order valence-electron chi connectivity index (χ3n) is 5.38. The molecule has 2 heterocycles. The number of aryl methyl sites for hydroxylation is 1. The highest BCUT2D eigenvalue weighted by molar-refractivity contribution is 5.75. The van der Waals surface area contributed by atoms with E-state index in [0.717, 1.165) is 24.1 Å². The van der Waals surface area contributed by atoms with Gasteiger partial charge in [0.15, 0.2) is 0 Å². The van der Waals surface area contributed by atoms with Gasteiger partial charge in [-0.1, -0.05) is 26.7 Å². The highest BCUT2D eigenvalue weighted by Crippen LogP contribution is 2.35. The summed E-state index contributed by atoms with van der Waals surface area (Å²) in [5.74, 6) is 0. The Morgan fingerprint density at radius 3 is 2.91 bits per heavy atom. The minimum Gasteiger partial charge on any atom is -0.335 e. The van der Waals surface area contributed by atoms with Crippen LogP contribution >= 0.6 is 0 Å². The van der Waals surface area contributed by atoms with E-state index in [2.05, 4.69) is 24.1 Å². The van der Waals surface area contributed by atoms with Crippen molar-refractivity contribution < 1.29 is 4.79 Å². The van der Waals surface area contributed by atoms with Gasteiger partial charge in [0.2, 0.25) is 0 Å². The van der Waals surface area contributed by atoms with Crippen molar-refractivity contribution in [2.45, 2.75) is 58.5 Å². The molecule has 0 aromatic carbocycles. The van der Waals surface area contributed by atoms with E-state index in [1.54, 1.807) is 11.9 Å². The van der Waals surface area contributed by atoms with Gasteiger partial charge in [0, 0.05) is 25.2 Å². The maximum Gasteiger partial charge on any atom is 0.317 e. The molecule has 0 bridgehead atoms. The summed E-state index contributed by atoms with van der Waals surface area (Å²) in [6.07, 6.45) is 6.73. The molecule has 1 fully saturated rings. The molecule has 1 atom stereocenters. The van der Waals surface area contributed by atoms with Crippen molar-refractivity contribution in [2.75, 3.05) is 6.54 Å². The second-order valence-corrected chi connectivity index (χ2v) is 7.49. The zero-order valence-electron chi connectivity index (χ0n) is 14.3. The molecule has 0 spiro atoms. The smallest absolute Gasteiger partial charge is 0.317 e. The highest BCUT2D eigenvalue weighted by Gasteiger charge is 2.34. The van der Waals surface area contributed by atoms with Crippen molar-refractivity contribution in [1.29, 1.82) is 0 Å². The third kappa shape index (κ3) is 3.12. The van der Waals surface area contributed by atoms with Crippen LogP contribution in [0, 0.1) is 5.41 Å². The van der Waals surface area contributed by atoms with Gasteiger partial charge in [-0.25, -0.2) is 9.78 Å². The van der Waals surface area contributed by atoms with Gasteiger partial charge in [-0.15, -0.1) is 0 Å². The van der Waals surface area contributed by atoms with Crippen molar-refractivity contribution in [2.24, 2.45) is 12.5 Å². The molecule has 0 saturated heterocycles. The van der Waals surface area contributed by atoms with Crippen LogP contribution in [0.3, 0.4) is 0 Å². The summed E-state index contributed by atoms with van der Waals surface area (Å²) in [5.41, 5.74) is 1.63. The molecule has 6 nitrogen and oxygen atoms in total. The minimum absolute atomic E-state index is 0.00321. The van der Waals surface area contributed by atoms with Crippen LogP contribution in [0.15, 0.2) is 11.1 Å². The fourth-order valence-electron chi connectivity index (χ4n) is 3.69. The fraction of sp³-hybridized carbons (Fsp3) is 0.706. The first-order valence-corrected chi connectivity index (χ1v) is 8.47. The maximum absolute atomic E-state index is 12.6. The summed E-state index contributed by atoms with van der Waals surface area (Å²) in [5, 5.41) is 3.21. The lowest BCUT2D eigenvalue weighted by Crippen LogP contribution is -2.52. The zero-order valence-corrected chi connectivity index (χ0v) is 14.3. The normalized spacial score (nSPS) is 23.3. The molecule has 3 rings (SSSR count). The SMILES string of the molecule is Cn1cnc2c(c1=O)CCN(C(=O)N[C@H]1CCCCC1(C)C)C2. The molecular formula is C17H26N4O2. The first-order valence-electron chi connectivity index (χ1n) is 8.47. The average molecular weight is 318 g/mol. The summed E-state index contributed by atoms with van der Waals surface area (Å²) >= 11 is 0. The first kappa shape index (κ1) is 16.0. The van der Waals surface area contributed by atoms with Crippen molar-refractivity contribution in [3.05, 3.63) is 27.9 Å². The quantitative estimate of drug-likeness (QED) is 0.859. The van der Waals surface area contributed by atoms with E-state index < -0.39 is 0 Å². The van der Waals surface area contributed by atoms with Crippen molar-refractivity contribution in [1.82, 2.24) is 19.8 Å². The summed E-state index contributed by atoms with van der Waals surface area (Å²) < 4.78 is 1.50. The lowest BCUT2D eigenvalue weighted by Gasteiger charge is -2.40. The first-order chi connectivity index (χ1) is 10.9. The molecule has 2 amide bonds. The molecular weight excluding hydrogens is 292 g/mol. The minimum atomic E-state index is -0.0295. The van der Waals surface area contributed by atoms with Crippen LogP contribution in [0.2, 0.25) is 0 Å². The van der Waals surface area contributed by atoms with Crippen LogP contribution in [0.5, 0.6) is 0 Å². The molecule has 2 aliphatic rings. The molecule has 23 heavy (non-hydrogen) atoms. The Bertz CT molecular complexity index is 665. The van der Waals surface area contributed by atoms with E-state index in [4.69, 9.17) is 0 Å². The van der Waals surface area contributed by atoms with Gasteiger partial charge in [-0.2, -0.15) is 0 Å². The second-order valence-electron chi connectivity index (χ2n) is 7.49. The van der Waals surface area contributed by atoms with Gasteiger partial charge < -0.3 is 14.8 Å². The summed E-state index contributed by atoms with van der Waals surface area (Å²) in [6, 6.07) is 0.194. The van der Waals surface area contributed by atoms with Crippen LogP contribution in [0.1, 0.15) is 50.8 Å². The van der Waals surface area contributed by atoms with Gasteiger partial charge in [0.25, 0.3) is 5.56 Å². The van der Waals surface area contributed by atoms with Crippen LogP contribution in [0.25, 0.3) is 0 Å². The predicted octanol–water partition coefficient (Wildman–Crippen LogP) is 1.82. The number of hydrogen-bond acceptors (Lipinski definition) is 3. The Morgan fingerprint density at radius 1 is 1.39 bits per heavy atom. The van der Waals surface area contributed by atoms with Crippen LogP contribution in [0.4, 0.5) is 4.79 Å². The Kier molecular flexibility index (Phi) is 4.17. The molecule has 1 aromatic heterocycles. The van der Waals surface area contributed by atoms with Gasteiger partial charge in [-0.05, 0) is 24.7 Å². The molecule has 1 aliphatic heterocycles. The second kappa shape index (κ2) is 5.98. The molecule has 6 heteroatoms. The van der Waals surface area contributed by atoms with E-state index in [1.807, 2.05) is 0 Å². The predicted molar refractivity (Wildman–Crippen MR) is 88.2 cm³/mol. The van der Waals surface area contributed by atoms with E-state index in [9.17, 15) is 9.59 Å². The van der Waals surface area contributed by atoms with Crippen molar-refractivity contribution >= 4 is 6.03 Å². The van der Waals surface area contributed by atoms with E-state index >= 15 is 0 Å². The lowest BCUT2D eigenvalue weighted by atomic mass is 9.73. The topological polar surface area (TPSA) is 67.2 Å². The monoisotopic (exact) mass is 318 g/mol. The van der Waals surface area contributed by atoms with E-state index in [-0.39, 0.29) is 23.0 Å². The Hall–Kier alpha value is -1.85. The molecule has 0 unspecified atom stereocenters. The van der Waals surface area contributed by atoms with Crippen LogP contribution in [-0.4, -0.2) is 33.1 Å². The molecule has 1 N–H and O–H groups in total. The maximum atomic E-state index is 12.6. The number of carbonyl (C=O) groups excluding carboxylic acids is 1. The number of hydrogen-bond donors (Lipinski definition) is 1. The number of carbonyl (C=O) groups is 1. The number of amides is 2. The Labute approximate surface area is 136 Å². The largest absolute Gasteiger partial charge is 0.335 e. The summed E-state index contributed by atoms with van der Waals surface area (Å²) in [4.78, 5) is 30.8. The van der Waals surface area contributed by atoms with Crippen molar-refractivity contribution in [3.63, 3.8) is 0 Å². The number of rotatable bonds is 1. The number of aromatic nitrogens is 2. The molecule has 1 saturated carbocycles. The van der Waals surface area contributed by atoms with Gasteiger partial charge in [0.05, 0.1) is 18.6 Å². The van der Waals surface area contributed by atoms with E-state index in [1.165, 1.54) is 23.7 Å². The summed E-state index contributed by atoms with van der Waals surface area (Å²) in [6.45, 7) is 5.46. The summed E-state index contributed by atoms with van der Waals surface area (Å²) in [7, 11) is 1.71. The highest BCUT2D eigenvalue weighted by atomic mass is 16.2. The van der Waals surface area contributed by atoms with Gasteiger partial charge in [-0.3, -0.25) is 4.79 Å². The number of nitrogens with one attached hydrogen (secondary N) is 1. The standard InChI is InChI=1S/C17H26N4O2/c1-17(2)8-5-4-6-14(17)19-16(23)21-9-7-12-13(10-21)18-11-20(3)15(12)22/h11,14H,4-10H2,1-3H3,(H,19,23)/t14-/m0/s1. The van der Waals surface area contributed by atoms with Crippen LogP contribution in [-0.2, 0) is 20.0 Å². The van der Waals surface area contributed by atoms with E-state index in [0.29, 0.717) is 19.5 Å². The zero-order chi connectivity index (χ0) is 16.6. The average Bonchev–Trinajstić information content (AvgIpc) is 2.52. The van der Waals surface area contributed by atoms with Gasteiger partial charge in [0.1, 0.15) is 0 Å². The fourth-order valence-corrected chi connectivity index (χ4v) is 3.69. The van der Waals surface area contributed by atoms with Crippen molar-refractivity contribution in [3.8, 4) is 0 Å². The van der Waals surface area contributed by atoms with Crippen LogP contribution < -0.4 is 10.9 Å². The molecule has 1 aromatic rings. The number of fused-ring (bicyclic) bond motifs is 1. The lowest BCUT2D eigenvalue weighted by molar-refractivity contribution is 0.144. The third-order valence-corrected chi connectivity index (χ3v) is 5.38. The number of urea groups is 1. The Morgan fingerprint density at radius 2 is 2.17 bits per heavy atom. The van der Waals surface area contributed by atoms with Gasteiger partial charge >= 0.3 is 6.03 Å². The molecule has 0 radical (unpaired) electrons. The number of nitrogens with zero attached hydrogens (tertiary/aromatic N) is 3. The Balaban J connectivity index is 1.70.